The van der Waals surface area contributed by atoms with Crippen LogP contribution < -0.4 is 10.6 Å². The molecule has 1 aromatic heterocycles. The molecule has 1 amide bonds. The van der Waals surface area contributed by atoms with Crippen molar-refractivity contribution in [2.45, 2.75) is 31.7 Å². The topological polar surface area (TPSA) is 54.0 Å². The van der Waals surface area contributed by atoms with Crippen LogP contribution in [0.3, 0.4) is 0 Å². The van der Waals surface area contributed by atoms with E-state index in [0.29, 0.717) is 17.5 Å². The van der Waals surface area contributed by atoms with E-state index in [-0.39, 0.29) is 5.91 Å². The Morgan fingerprint density at radius 2 is 2.29 bits per heavy atom. The zero-order chi connectivity index (χ0) is 12.1. The van der Waals surface area contributed by atoms with Gasteiger partial charge in [-0.25, -0.2) is 4.98 Å². The lowest BCUT2D eigenvalue weighted by molar-refractivity contribution is -0.121. The molecule has 2 rings (SSSR count). The highest BCUT2D eigenvalue weighted by Crippen LogP contribution is 2.18. The first-order chi connectivity index (χ1) is 8.24. The zero-order valence-electron chi connectivity index (χ0n) is 9.58. The van der Waals surface area contributed by atoms with E-state index in [1.807, 2.05) is 6.07 Å². The molecule has 0 aliphatic heterocycles. The minimum absolute atomic E-state index is 0.151. The Hall–Kier alpha value is -1.29. The molecule has 5 heteroatoms. The van der Waals surface area contributed by atoms with Crippen LogP contribution >= 0.6 is 11.6 Å². The number of hydrogen-bond acceptors (Lipinski definition) is 3. The highest BCUT2D eigenvalue weighted by Gasteiger charge is 2.22. The van der Waals surface area contributed by atoms with Crippen molar-refractivity contribution in [3.8, 4) is 0 Å². The first-order valence-electron chi connectivity index (χ1n) is 5.89. The number of carbonyl (C=O) groups is 1. The third-order valence-corrected chi connectivity index (χ3v) is 2.78. The summed E-state index contributed by atoms with van der Waals surface area (Å²) >= 11 is 5.73. The Bertz CT molecular complexity index is 376. The van der Waals surface area contributed by atoms with Gasteiger partial charge in [-0.15, -0.1) is 0 Å². The molecule has 2 N–H and O–H groups in total. The molecule has 1 saturated carbocycles. The molecule has 0 saturated heterocycles. The fourth-order valence-electron chi connectivity index (χ4n) is 1.47. The lowest BCUT2D eigenvalue weighted by Gasteiger charge is -2.05. The van der Waals surface area contributed by atoms with Gasteiger partial charge in [0.2, 0.25) is 5.91 Å². The van der Waals surface area contributed by atoms with Crippen LogP contribution in [0.25, 0.3) is 0 Å². The lowest BCUT2D eigenvalue weighted by atomic mass is 10.3. The van der Waals surface area contributed by atoms with E-state index in [9.17, 15) is 4.79 Å². The quantitative estimate of drug-likeness (QED) is 0.765. The summed E-state index contributed by atoms with van der Waals surface area (Å²) in [6, 6.07) is 4.07. The molecule has 0 radical (unpaired) electrons. The molecular weight excluding hydrogens is 238 g/mol. The van der Waals surface area contributed by atoms with Crippen molar-refractivity contribution in [2.24, 2.45) is 0 Å². The van der Waals surface area contributed by atoms with Crippen molar-refractivity contribution in [2.75, 3.05) is 11.9 Å². The predicted octanol–water partition coefficient (Wildman–Crippen LogP) is 2.21. The summed E-state index contributed by atoms with van der Waals surface area (Å²) in [5, 5.41) is 6.73. The fraction of sp³-hybridized carbons (Fsp3) is 0.500. The number of anilines is 1. The molecule has 0 unspecified atom stereocenters. The Kier molecular flexibility index (Phi) is 4.20. The summed E-state index contributed by atoms with van der Waals surface area (Å²) in [5.74, 6) is 0.940. The van der Waals surface area contributed by atoms with Crippen LogP contribution in [0.4, 0.5) is 5.82 Å². The van der Waals surface area contributed by atoms with E-state index in [1.165, 1.54) is 0 Å². The molecule has 0 aromatic carbocycles. The van der Waals surface area contributed by atoms with Gasteiger partial charge in [-0.05, 0) is 31.4 Å². The molecule has 17 heavy (non-hydrogen) atoms. The molecule has 1 aliphatic rings. The molecular formula is C12H16ClN3O. The van der Waals surface area contributed by atoms with Crippen molar-refractivity contribution in [1.82, 2.24) is 10.3 Å². The number of carbonyl (C=O) groups excluding carboxylic acids is 1. The van der Waals surface area contributed by atoms with Crippen LogP contribution in [0.1, 0.15) is 25.7 Å². The van der Waals surface area contributed by atoms with Crippen LogP contribution in [-0.2, 0) is 4.79 Å². The van der Waals surface area contributed by atoms with E-state index in [4.69, 9.17) is 11.6 Å². The molecule has 0 spiro atoms. The maximum atomic E-state index is 11.4. The summed E-state index contributed by atoms with van der Waals surface area (Å²) in [4.78, 5) is 15.5. The maximum Gasteiger partial charge on any atom is 0.220 e. The van der Waals surface area contributed by atoms with Crippen LogP contribution in [0.15, 0.2) is 18.3 Å². The number of nitrogens with zero attached hydrogens (tertiary/aromatic N) is 1. The zero-order valence-corrected chi connectivity index (χ0v) is 10.3. The molecule has 1 aliphatic carbocycles. The van der Waals surface area contributed by atoms with Gasteiger partial charge in [-0.1, -0.05) is 11.6 Å². The third-order valence-electron chi connectivity index (χ3n) is 2.56. The lowest BCUT2D eigenvalue weighted by Crippen LogP contribution is -2.25. The number of nitrogens with one attached hydrogen (secondary N) is 2. The smallest absolute Gasteiger partial charge is 0.220 e. The average Bonchev–Trinajstić information content (AvgIpc) is 3.11. The van der Waals surface area contributed by atoms with Gasteiger partial charge in [0, 0.05) is 25.2 Å². The second-order valence-corrected chi connectivity index (χ2v) is 4.67. The minimum atomic E-state index is 0.151. The summed E-state index contributed by atoms with van der Waals surface area (Å²) in [5.41, 5.74) is 0. The van der Waals surface area contributed by atoms with Gasteiger partial charge >= 0.3 is 0 Å². The summed E-state index contributed by atoms with van der Waals surface area (Å²) < 4.78 is 0. The normalized spacial score (nSPS) is 14.4. The minimum Gasteiger partial charge on any atom is -0.370 e. The number of rotatable bonds is 6. The molecule has 0 bridgehead atoms. The van der Waals surface area contributed by atoms with E-state index in [0.717, 1.165) is 31.6 Å². The SMILES string of the molecule is O=C(CCCNc1ccc(Cl)cn1)NC1CC1. The van der Waals surface area contributed by atoms with Crippen molar-refractivity contribution in [3.05, 3.63) is 23.4 Å². The van der Waals surface area contributed by atoms with Gasteiger partial charge in [0.15, 0.2) is 0 Å². The van der Waals surface area contributed by atoms with Crippen molar-refractivity contribution in [1.29, 1.82) is 0 Å². The Morgan fingerprint density at radius 3 is 2.94 bits per heavy atom. The summed E-state index contributed by atoms with van der Waals surface area (Å²) in [6.45, 7) is 0.743. The highest BCUT2D eigenvalue weighted by molar-refractivity contribution is 6.30. The van der Waals surface area contributed by atoms with Gasteiger partial charge in [0.25, 0.3) is 0 Å². The standard InChI is InChI=1S/C12H16ClN3O/c13-9-3-6-11(15-8-9)14-7-1-2-12(17)16-10-4-5-10/h3,6,8,10H,1-2,4-5,7H2,(H,14,15)(H,16,17). The first-order valence-corrected chi connectivity index (χ1v) is 6.26. The fourth-order valence-corrected chi connectivity index (χ4v) is 1.59. The van der Waals surface area contributed by atoms with Crippen molar-refractivity contribution in [3.63, 3.8) is 0 Å². The number of halogens is 1. The monoisotopic (exact) mass is 253 g/mol. The Balaban J connectivity index is 1.59. The van der Waals surface area contributed by atoms with Crippen LogP contribution in [0.5, 0.6) is 0 Å². The molecule has 0 atom stereocenters. The Labute approximate surface area is 106 Å². The maximum absolute atomic E-state index is 11.4. The second-order valence-electron chi connectivity index (χ2n) is 4.23. The molecule has 1 fully saturated rings. The average molecular weight is 254 g/mol. The van der Waals surface area contributed by atoms with Crippen LogP contribution in [0.2, 0.25) is 5.02 Å². The van der Waals surface area contributed by atoms with Gasteiger partial charge in [-0.2, -0.15) is 0 Å². The van der Waals surface area contributed by atoms with E-state index in [1.54, 1.807) is 12.3 Å². The summed E-state index contributed by atoms with van der Waals surface area (Å²) in [7, 11) is 0. The molecule has 4 nitrogen and oxygen atoms in total. The number of pyridine rings is 1. The van der Waals surface area contributed by atoms with Crippen molar-refractivity contribution >= 4 is 23.3 Å². The number of aromatic nitrogens is 1. The van der Waals surface area contributed by atoms with Crippen LogP contribution in [0, 0.1) is 0 Å². The Morgan fingerprint density at radius 1 is 1.47 bits per heavy atom. The predicted molar refractivity (Wildman–Crippen MR) is 68.1 cm³/mol. The molecule has 92 valence electrons. The van der Waals surface area contributed by atoms with Gasteiger partial charge in [0.1, 0.15) is 5.82 Å². The van der Waals surface area contributed by atoms with E-state index < -0.39 is 0 Å². The van der Waals surface area contributed by atoms with Gasteiger partial charge < -0.3 is 10.6 Å². The van der Waals surface area contributed by atoms with Gasteiger partial charge in [0.05, 0.1) is 5.02 Å². The van der Waals surface area contributed by atoms with E-state index in [2.05, 4.69) is 15.6 Å². The van der Waals surface area contributed by atoms with Crippen molar-refractivity contribution < 1.29 is 4.79 Å². The van der Waals surface area contributed by atoms with Crippen LogP contribution in [-0.4, -0.2) is 23.5 Å². The van der Waals surface area contributed by atoms with Gasteiger partial charge in [-0.3, -0.25) is 4.79 Å². The van der Waals surface area contributed by atoms with E-state index >= 15 is 0 Å². The number of amides is 1. The largest absolute Gasteiger partial charge is 0.370 e. The molecule has 1 aromatic rings. The second kappa shape index (κ2) is 5.87. The number of hydrogen-bond donors (Lipinski definition) is 2. The first kappa shape index (κ1) is 12.2. The highest BCUT2D eigenvalue weighted by atomic mass is 35.5. The molecule has 1 heterocycles. The summed E-state index contributed by atoms with van der Waals surface area (Å²) in [6.07, 6.45) is 5.25. The third kappa shape index (κ3) is 4.61.